The number of aromatic hydroxyl groups is 1. The summed E-state index contributed by atoms with van der Waals surface area (Å²) in [5.74, 6) is 0.661. The number of aromatic nitrogens is 1. The predicted molar refractivity (Wildman–Crippen MR) is 69.4 cm³/mol. The van der Waals surface area contributed by atoms with Gasteiger partial charge in [-0.05, 0) is 35.4 Å². The third-order valence-electron chi connectivity index (χ3n) is 2.65. The third-order valence-corrected chi connectivity index (χ3v) is 2.65. The summed E-state index contributed by atoms with van der Waals surface area (Å²) in [6.45, 7) is 1.50. The van der Waals surface area contributed by atoms with Crippen LogP contribution in [0.4, 0.5) is 0 Å². The van der Waals surface area contributed by atoms with Crippen LogP contribution in [-0.2, 0) is 13.1 Å². The summed E-state index contributed by atoms with van der Waals surface area (Å²) in [7, 11) is 1.54. The van der Waals surface area contributed by atoms with Gasteiger partial charge in [-0.3, -0.25) is 4.98 Å². The van der Waals surface area contributed by atoms with Crippen LogP contribution in [0.2, 0.25) is 0 Å². The summed E-state index contributed by atoms with van der Waals surface area (Å²) in [6.07, 6.45) is 3.56. The Bertz CT molecular complexity index is 500. The number of nitrogens with one attached hydrogen (secondary N) is 1. The van der Waals surface area contributed by atoms with E-state index in [1.807, 2.05) is 24.3 Å². The van der Waals surface area contributed by atoms with Crippen molar-refractivity contribution in [1.82, 2.24) is 10.3 Å². The van der Waals surface area contributed by atoms with E-state index < -0.39 is 0 Å². The number of phenols is 1. The van der Waals surface area contributed by atoms with Gasteiger partial charge in [-0.25, -0.2) is 0 Å². The molecule has 2 N–H and O–H groups in total. The first-order valence-corrected chi connectivity index (χ1v) is 5.75. The average molecular weight is 244 g/mol. The van der Waals surface area contributed by atoms with Gasteiger partial charge >= 0.3 is 0 Å². The Morgan fingerprint density at radius 3 is 2.56 bits per heavy atom. The van der Waals surface area contributed by atoms with Crippen LogP contribution in [0.25, 0.3) is 0 Å². The predicted octanol–water partition coefficient (Wildman–Crippen LogP) is 2.09. The molecular formula is C14H16N2O2. The highest BCUT2D eigenvalue weighted by molar-refractivity contribution is 5.41. The number of phenolic OH excluding ortho intramolecular Hbond substituents is 1. The zero-order chi connectivity index (χ0) is 12.8. The van der Waals surface area contributed by atoms with Crippen molar-refractivity contribution < 1.29 is 9.84 Å². The van der Waals surface area contributed by atoms with E-state index >= 15 is 0 Å². The Balaban J connectivity index is 1.91. The molecule has 0 unspecified atom stereocenters. The molecule has 0 fully saturated rings. The first-order valence-electron chi connectivity index (χ1n) is 5.75. The first-order chi connectivity index (χ1) is 8.79. The van der Waals surface area contributed by atoms with Gasteiger partial charge in [0, 0.05) is 25.5 Å². The SMILES string of the molecule is COc1cc(CNCc2ccncc2)ccc1O. The molecule has 2 rings (SSSR count). The van der Waals surface area contributed by atoms with Gasteiger partial charge in [-0.2, -0.15) is 0 Å². The van der Waals surface area contributed by atoms with E-state index in [0.29, 0.717) is 5.75 Å². The molecule has 0 aliphatic rings. The second-order valence-corrected chi connectivity index (χ2v) is 3.97. The molecule has 2 aromatic rings. The minimum Gasteiger partial charge on any atom is -0.504 e. The van der Waals surface area contributed by atoms with Gasteiger partial charge < -0.3 is 15.2 Å². The van der Waals surface area contributed by atoms with Crippen LogP contribution in [0.3, 0.4) is 0 Å². The number of benzene rings is 1. The topological polar surface area (TPSA) is 54.4 Å². The molecule has 0 aliphatic carbocycles. The maximum Gasteiger partial charge on any atom is 0.160 e. The molecule has 0 aliphatic heterocycles. The van der Waals surface area contributed by atoms with E-state index in [0.717, 1.165) is 18.7 Å². The summed E-state index contributed by atoms with van der Waals surface area (Å²) in [6, 6.07) is 9.30. The molecule has 0 radical (unpaired) electrons. The van der Waals surface area contributed by atoms with Crippen LogP contribution in [0, 0.1) is 0 Å². The van der Waals surface area contributed by atoms with Crippen LogP contribution < -0.4 is 10.1 Å². The number of pyridine rings is 1. The summed E-state index contributed by atoms with van der Waals surface area (Å²) in [5.41, 5.74) is 2.26. The largest absolute Gasteiger partial charge is 0.504 e. The smallest absolute Gasteiger partial charge is 0.160 e. The number of ether oxygens (including phenoxy) is 1. The molecule has 1 heterocycles. The lowest BCUT2D eigenvalue weighted by Crippen LogP contribution is -2.12. The first kappa shape index (κ1) is 12.4. The van der Waals surface area contributed by atoms with Gasteiger partial charge in [0.1, 0.15) is 0 Å². The highest BCUT2D eigenvalue weighted by atomic mass is 16.5. The van der Waals surface area contributed by atoms with E-state index in [-0.39, 0.29) is 5.75 Å². The number of hydrogen-bond donors (Lipinski definition) is 2. The fraction of sp³-hybridized carbons (Fsp3) is 0.214. The highest BCUT2D eigenvalue weighted by Crippen LogP contribution is 2.26. The lowest BCUT2D eigenvalue weighted by atomic mass is 10.2. The fourth-order valence-corrected chi connectivity index (χ4v) is 1.68. The summed E-state index contributed by atoms with van der Waals surface area (Å²) in [5, 5.41) is 12.8. The normalized spacial score (nSPS) is 10.3. The summed E-state index contributed by atoms with van der Waals surface area (Å²) >= 11 is 0. The van der Waals surface area contributed by atoms with Gasteiger partial charge in [0.2, 0.25) is 0 Å². The molecule has 0 saturated carbocycles. The van der Waals surface area contributed by atoms with E-state index in [4.69, 9.17) is 4.74 Å². The van der Waals surface area contributed by atoms with Crippen molar-refractivity contribution in [2.75, 3.05) is 7.11 Å². The highest BCUT2D eigenvalue weighted by Gasteiger charge is 2.02. The molecule has 4 nitrogen and oxygen atoms in total. The molecule has 18 heavy (non-hydrogen) atoms. The van der Waals surface area contributed by atoms with Crippen LogP contribution in [-0.4, -0.2) is 17.2 Å². The third kappa shape index (κ3) is 3.21. The number of nitrogens with zero attached hydrogens (tertiary/aromatic N) is 1. The molecule has 1 aromatic heterocycles. The molecular weight excluding hydrogens is 228 g/mol. The minimum atomic E-state index is 0.162. The van der Waals surface area contributed by atoms with E-state index in [1.54, 1.807) is 25.6 Å². The van der Waals surface area contributed by atoms with Crippen molar-refractivity contribution in [3.05, 3.63) is 53.9 Å². The van der Waals surface area contributed by atoms with Gasteiger partial charge in [-0.15, -0.1) is 0 Å². The van der Waals surface area contributed by atoms with Crippen molar-refractivity contribution in [3.63, 3.8) is 0 Å². The Kier molecular flexibility index (Phi) is 4.15. The summed E-state index contributed by atoms with van der Waals surface area (Å²) in [4.78, 5) is 3.97. The van der Waals surface area contributed by atoms with Crippen molar-refractivity contribution in [3.8, 4) is 11.5 Å². The maximum absolute atomic E-state index is 9.49. The molecule has 0 saturated heterocycles. The second kappa shape index (κ2) is 6.02. The standard InChI is InChI=1S/C14H16N2O2/c1-18-14-8-12(2-3-13(14)17)10-16-9-11-4-6-15-7-5-11/h2-8,16-17H,9-10H2,1H3. The molecule has 1 aromatic carbocycles. The number of hydrogen-bond acceptors (Lipinski definition) is 4. The Labute approximate surface area is 106 Å². The number of methoxy groups -OCH3 is 1. The maximum atomic E-state index is 9.49. The lowest BCUT2D eigenvalue weighted by molar-refractivity contribution is 0.373. The van der Waals surface area contributed by atoms with E-state index in [2.05, 4.69) is 10.3 Å². The monoisotopic (exact) mass is 244 g/mol. The zero-order valence-electron chi connectivity index (χ0n) is 10.3. The Hall–Kier alpha value is -2.07. The van der Waals surface area contributed by atoms with Crippen molar-refractivity contribution >= 4 is 0 Å². The number of rotatable bonds is 5. The van der Waals surface area contributed by atoms with E-state index in [9.17, 15) is 5.11 Å². The molecule has 0 atom stereocenters. The fourth-order valence-electron chi connectivity index (χ4n) is 1.68. The zero-order valence-corrected chi connectivity index (χ0v) is 10.3. The minimum absolute atomic E-state index is 0.162. The molecule has 94 valence electrons. The van der Waals surface area contributed by atoms with Crippen molar-refractivity contribution in [1.29, 1.82) is 0 Å². The quantitative estimate of drug-likeness (QED) is 0.845. The molecule has 0 bridgehead atoms. The van der Waals surface area contributed by atoms with Gasteiger partial charge in [0.05, 0.1) is 7.11 Å². The van der Waals surface area contributed by atoms with Gasteiger partial charge in [-0.1, -0.05) is 6.07 Å². The summed E-state index contributed by atoms with van der Waals surface area (Å²) < 4.78 is 5.06. The lowest BCUT2D eigenvalue weighted by Gasteiger charge is -2.08. The Morgan fingerprint density at radius 2 is 1.83 bits per heavy atom. The van der Waals surface area contributed by atoms with Crippen molar-refractivity contribution in [2.45, 2.75) is 13.1 Å². The molecule has 4 heteroatoms. The van der Waals surface area contributed by atoms with Crippen LogP contribution in [0.15, 0.2) is 42.7 Å². The average Bonchev–Trinajstić information content (AvgIpc) is 2.42. The Morgan fingerprint density at radius 1 is 1.11 bits per heavy atom. The van der Waals surface area contributed by atoms with Crippen LogP contribution in [0.1, 0.15) is 11.1 Å². The van der Waals surface area contributed by atoms with Crippen LogP contribution in [0.5, 0.6) is 11.5 Å². The molecule has 0 spiro atoms. The van der Waals surface area contributed by atoms with Gasteiger partial charge in [0.25, 0.3) is 0 Å². The molecule has 0 amide bonds. The van der Waals surface area contributed by atoms with E-state index in [1.165, 1.54) is 5.56 Å². The van der Waals surface area contributed by atoms with Crippen LogP contribution >= 0.6 is 0 Å². The van der Waals surface area contributed by atoms with Crippen molar-refractivity contribution in [2.24, 2.45) is 0 Å². The second-order valence-electron chi connectivity index (χ2n) is 3.97. The van der Waals surface area contributed by atoms with Gasteiger partial charge in [0.15, 0.2) is 11.5 Å².